The van der Waals surface area contributed by atoms with Crippen LogP contribution in [0.2, 0.25) is 0 Å². The van der Waals surface area contributed by atoms with Crippen LogP contribution in [0.3, 0.4) is 0 Å². The number of nitrogens with one attached hydrogen (secondary N) is 1. The van der Waals surface area contributed by atoms with Gasteiger partial charge in [-0.15, -0.1) is 0 Å². The highest BCUT2D eigenvalue weighted by molar-refractivity contribution is 7.91. The normalized spacial score (nSPS) is 12.9. The van der Waals surface area contributed by atoms with E-state index in [4.69, 9.17) is 5.21 Å². The number of sulfonamides is 1. The van der Waals surface area contributed by atoms with E-state index in [1.165, 1.54) is 23.6 Å². The molecule has 15 heavy (non-hydrogen) atoms. The van der Waals surface area contributed by atoms with Crippen molar-refractivity contribution in [3.05, 3.63) is 0 Å². The molecule has 0 radical (unpaired) electrons. The number of nitrogens with zero attached hydrogens (tertiary/aromatic N) is 1. The Hall–Kier alpha value is -0.660. The SMILES string of the molecule is CCN(CC)S(=O)(=O)C(C)(C)C(=O)NO. The Morgan fingerprint density at radius 3 is 2.00 bits per heavy atom. The van der Waals surface area contributed by atoms with Crippen molar-refractivity contribution in [3.8, 4) is 0 Å². The molecule has 90 valence electrons. The van der Waals surface area contributed by atoms with Crippen molar-refractivity contribution < 1.29 is 18.4 Å². The van der Waals surface area contributed by atoms with Gasteiger partial charge in [-0.3, -0.25) is 10.0 Å². The van der Waals surface area contributed by atoms with Crippen LogP contribution < -0.4 is 5.48 Å². The summed E-state index contributed by atoms with van der Waals surface area (Å²) in [4.78, 5) is 11.2. The number of rotatable bonds is 5. The molecule has 0 saturated heterocycles. The molecule has 0 bridgehead atoms. The number of hydrogen-bond donors (Lipinski definition) is 2. The van der Waals surface area contributed by atoms with Crippen LogP contribution in [-0.4, -0.2) is 41.7 Å². The summed E-state index contributed by atoms with van der Waals surface area (Å²) in [6.45, 7) is 6.47. The van der Waals surface area contributed by atoms with Crippen LogP contribution in [0.4, 0.5) is 0 Å². The summed E-state index contributed by atoms with van der Waals surface area (Å²) in [5.41, 5.74) is 1.37. The van der Waals surface area contributed by atoms with E-state index in [-0.39, 0.29) is 0 Å². The van der Waals surface area contributed by atoms with Crippen LogP contribution in [0.1, 0.15) is 27.7 Å². The first-order valence-electron chi connectivity index (χ1n) is 4.69. The number of carbonyl (C=O) groups is 1. The lowest BCUT2D eigenvalue weighted by atomic mass is 10.2. The van der Waals surface area contributed by atoms with Crippen molar-refractivity contribution in [1.82, 2.24) is 9.79 Å². The fourth-order valence-electron chi connectivity index (χ4n) is 1.14. The first-order valence-corrected chi connectivity index (χ1v) is 6.13. The lowest BCUT2D eigenvalue weighted by Gasteiger charge is -2.29. The molecular weight excluding hydrogens is 220 g/mol. The van der Waals surface area contributed by atoms with Gasteiger partial charge in [-0.2, -0.15) is 0 Å². The molecule has 0 heterocycles. The van der Waals surface area contributed by atoms with Gasteiger partial charge in [-0.05, 0) is 13.8 Å². The van der Waals surface area contributed by atoms with E-state index < -0.39 is 20.7 Å². The summed E-state index contributed by atoms with van der Waals surface area (Å²) < 4.78 is 23.4. The summed E-state index contributed by atoms with van der Waals surface area (Å²) in [5.74, 6) is -0.936. The minimum atomic E-state index is -3.75. The summed E-state index contributed by atoms with van der Waals surface area (Å²) in [6.07, 6.45) is 0. The van der Waals surface area contributed by atoms with Crippen LogP contribution in [0.5, 0.6) is 0 Å². The maximum absolute atomic E-state index is 12.0. The maximum atomic E-state index is 12.0. The first-order chi connectivity index (χ1) is 6.75. The molecular formula is C8H18N2O4S. The van der Waals surface area contributed by atoms with E-state index in [0.29, 0.717) is 13.1 Å². The molecule has 0 spiro atoms. The van der Waals surface area contributed by atoms with Crippen molar-refractivity contribution in [2.24, 2.45) is 0 Å². The summed E-state index contributed by atoms with van der Waals surface area (Å²) >= 11 is 0. The molecule has 0 fully saturated rings. The quantitative estimate of drug-likeness (QED) is 0.519. The topological polar surface area (TPSA) is 86.7 Å². The predicted octanol–water partition coefficient (Wildman–Crippen LogP) is -0.0580. The van der Waals surface area contributed by atoms with Gasteiger partial charge in [0.2, 0.25) is 10.0 Å². The third kappa shape index (κ3) is 2.47. The highest BCUT2D eigenvalue weighted by Gasteiger charge is 2.44. The van der Waals surface area contributed by atoms with Crippen molar-refractivity contribution in [2.45, 2.75) is 32.4 Å². The molecule has 0 rings (SSSR count). The molecule has 0 aliphatic carbocycles. The highest BCUT2D eigenvalue weighted by Crippen LogP contribution is 2.20. The number of carbonyl (C=O) groups excluding carboxylic acids is 1. The summed E-state index contributed by atoms with van der Waals surface area (Å²) in [6, 6.07) is 0. The monoisotopic (exact) mass is 238 g/mol. The third-order valence-corrected chi connectivity index (χ3v) is 5.01. The molecule has 0 aromatic rings. The van der Waals surface area contributed by atoms with Crippen LogP contribution in [0, 0.1) is 0 Å². The Balaban J connectivity index is 5.27. The average Bonchev–Trinajstić information content (AvgIpc) is 2.17. The van der Waals surface area contributed by atoms with Crippen molar-refractivity contribution in [3.63, 3.8) is 0 Å². The zero-order valence-corrected chi connectivity index (χ0v) is 10.3. The lowest BCUT2D eigenvalue weighted by molar-refractivity contribution is -0.131. The first kappa shape index (κ1) is 14.3. The molecule has 0 aliphatic rings. The van der Waals surface area contributed by atoms with Gasteiger partial charge in [0, 0.05) is 13.1 Å². The van der Waals surface area contributed by atoms with Gasteiger partial charge in [0.1, 0.15) is 0 Å². The Labute approximate surface area is 90.3 Å². The highest BCUT2D eigenvalue weighted by atomic mass is 32.2. The predicted molar refractivity (Wildman–Crippen MR) is 55.8 cm³/mol. The second-order valence-electron chi connectivity index (χ2n) is 3.54. The van der Waals surface area contributed by atoms with Gasteiger partial charge in [0.05, 0.1) is 0 Å². The minimum absolute atomic E-state index is 0.293. The average molecular weight is 238 g/mol. The van der Waals surface area contributed by atoms with Crippen molar-refractivity contribution in [1.29, 1.82) is 0 Å². The molecule has 7 heteroatoms. The van der Waals surface area contributed by atoms with E-state index in [0.717, 1.165) is 0 Å². The van der Waals surface area contributed by atoms with Crippen molar-refractivity contribution in [2.75, 3.05) is 13.1 Å². The second kappa shape index (κ2) is 4.91. The number of hydrogen-bond acceptors (Lipinski definition) is 4. The number of amides is 1. The maximum Gasteiger partial charge on any atom is 0.265 e. The van der Waals surface area contributed by atoms with Gasteiger partial charge in [0.25, 0.3) is 5.91 Å². The van der Waals surface area contributed by atoms with E-state index >= 15 is 0 Å². The molecule has 0 atom stereocenters. The zero-order valence-electron chi connectivity index (χ0n) is 9.44. The lowest BCUT2D eigenvalue weighted by Crippen LogP contribution is -2.53. The van der Waals surface area contributed by atoms with Gasteiger partial charge in [0.15, 0.2) is 4.75 Å². The molecule has 0 saturated carbocycles. The standard InChI is InChI=1S/C8H18N2O4S/c1-5-10(6-2)15(13,14)8(3,4)7(11)9-12/h12H,5-6H2,1-4H3,(H,9,11). The zero-order chi connectivity index (χ0) is 12.3. The second-order valence-corrected chi connectivity index (χ2v) is 6.03. The van der Waals surface area contributed by atoms with E-state index in [9.17, 15) is 13.2 Å². The largest absolute Gasteiger partial charge is 0.289 e. The fourth-order valence-corrected chi connectivity index (χ4v) is 2.74. The van der Waals surface area contributed by atoms with Crippen molar-refractivity contribution >= 4 is 15.9 Å². The van der Waals surface area contributed by atoms with Gasteiger partial charge >= 0.3 is 0 Å². The van der Waals surface area contributed by atoms with Crippen LogP contribution in [0.15, 0.2) is 0 Å². The molecule has 1 amide bonds. The Bertz CT molecular complexity index is 320. The van der Waals surface area contributed by atoms with Gasteiger partial charge in [-0.1, -0.05) is 13.8 Å². The molecule has 0 aliphatic heterocycles. The van der Waals surface area contributed by atoms with Gasteiger partial charge in [-0.25, -0.2) is 18.2 Å². The smallest absolute Gasteiger partial charge is 0.265 e. The summed E-state index contributed by atoms with van der Waals surface area (Å²) in [5, 5.41) is 8.48. The Morgan fingerprint density at radius 1 is 1.33 bits per heavy atom. The minimum Gasteiger partial charge on any atom is -0.289 e. The Kier molecular flexibility index (Phi) is 4.69. The molecule has 2 N–H and O–H groups in total. The molecule has 0 unspecified atom stereocenters. The summed E-state index contributed by atoms with van der Waals surface area (Å²) in [7, 11) is -3.75. The van der Waals surface area contributed by atoms with Gasteiger partial charge < -0.3 is 0 Å². The molecule has 0 aromatic heterocycles. The fraction of sp³-hybridized carbons (Fsp3) is 0.875. The molecule has 0 aromatic carbocycles. The van der Waals surface area contributed by atoms with E-state index in [1.54, 1.807) is 13.8 Å². The Morgan fingerprint density at radius 2 is 1.73 bits per heavy atom. The van der Waals surface area contributed by atoms with Crippen LogP contribution in [-0.2, 0) is 14.8 Å². The molecule has 6 nitrogen and oxygen atoms in total. The number of hydroxylamine groups is 1. The van der Waals surface area contributed by atoms with E-state index in [1.807, 2.05) is 0 Å². The van der Waals surface area contributed by atoms with Crippen LogP contribution >= 0.6 is 0 Å². The van der Waals surface area contributed by atoms with Crippen LogP contribution in [0.25, 0.3) is 0 Å². The van der Waals surface area contributed by atoms with E-state index in [2.05, 4.69) is 0 Å². The third-order valence-electron chi connectivity index (χ3n) is 2.34.